The van der Waals surface area contributed by atoms with Crippen LogP contribution in [-0.4, -0.2) is 67.8 Å². The van der Waals surface area contributed by atoms with Crippen LogP contribution in [0.4, 0.5) is 5.13 Å². The molecule has 174 valence electrons. The van der Waals surface area contributed by atoms with Crippen molar-refractivity contribution in [3.05, 3.63) is 54.1 Å². The number of sulfonamides is 1. The Hall–Kier alpha value is -2.49. The van der Waals surface area contributed by atoms with Gasteiger partial charge in [-0.15, -0.1) is 0 Å². The number of piperidine rings is 1. The van der Waals surface area contributed by atoms with Gasteiger partial charge in [0.2, 0.25) is 15.9 Å². The van der Waals surface area contributed by atoms with Crippen LogP contribution in [0.1, 0.15) is 18.4 Å². The number of piperazine rings is 1. The second-order valence-electron chi connectivity index (χ2n) is 8.75. The van der Waals surface area contributed by atoms with E-state index in [1.165, 1.54) is 14.6 Å². The lowest BCUT2D eigenvalue weighted by Crippen LogP contribution is -2.53. The monoisotopic (exact) mass is 484 g/mol. The lowest BCUT2D eigenvalue weighted by atomic mass is 9.98. The van der Waals surface area contributed by atoms with Gasteiger partial charge >= 0.3 is 0 Å². The Bertz CT molecular complexity index is 1250. The van der Waals surface area contributed by atoms with Crippen LogP contribution in [0.2, 0.25) is 0 Å². The zero-order chi connectivity index (χ0) is 23.0. The number of carbonyl (C=O) groups is 1. The fraction of sp³-hybridized carbons (Fsp3) is 0.417. The number of para-hydroxylation sites is 1. The predicted octanol–water partition coefficient (Wildman–Crippen LogP) is 3.35. The van der Waals surface area contributed by atoms with Gasteiger partial charge in [0.25, 0.3) is 0 Å². The molecule has 2 saturated heterocycles. The molecule has 1 amide bonds. The van der Waals surface area contributed by atoms with Gasteiger partial charge in [-0.05, 0) is 43.5 Å². The molecule has 1 unspecified atom stereocenters. The summed E-state index contributed by atoms with van der Waals surface area (Å²) in [5.74, 6) is -0.211. The average molecular weight is 485 g/mol. The van der Waals surface area contributed by atoms with E-state index in [1.807, 2.05) is 4.90 Å². The van der Waals surface area contributed by atoms with Crippen LogP contribution < -0.4 is 4.90 Å². The maximum Gasteiger partial charge on any atom is 0.243 e. The number of aryl methyl sites for hydroxylation is 1. The van der Waals surface area contributed by atoms with Gasteiger partial charge in [-0.1, -0.05) is 41.7 Å². The molecule has 0 bridgehead atoms. The van der Waals surface area contributed by atoms with Crippen molar-refractivity contribution < 1.29 is 13.2 Å². The van der Waals surface area contributed by atoms with Crippen molar-refractivity contribution in [2.45, 2.75) is 24.7 Å². The highest BCUT2D eigenvalue weighted by atomic mass is 32.2. The first-order valence-electron chi connectivity index (χ1n) is 11.4. The fourth-order valence-electron chi connectivity index (χ4n) is 4.69. The molecule has 0 N–H and O–H groups in total. The summed E-state index contributed by atoms with van der Waals surface area (Å²) in [6.07, 6.45) is 1.44. The van der Waals surface area contributed by atoms with Gasteiger partial charge in [-0.25, -0.2) is 13.4 Å². The molecule has 5 rings (SSSR count). The molecule has 3 heterocycles. The van der Waals surface area contributed by atoms with E-state index in [4.69, 9.17) is 4.98 Å². The molecule has 2 aliphatic heterocycles. The second-order valence-corrected chi connectivity index (χ2v) is 11.7. The van der Waals surface area contributed by atoms with Gasteiger partial charge in [-0.3, -0.25) is 4.79 Å². The van der Waals surface area contributed by atoms with Crippen molar-refractivity contribution in [3.8, 4) is 0 Å². The van der Waals surface area contributed by atoms with E-state index in [2.05, 4.69) is 30.0 Å². The topological polar surface area (TPSA) is 73.8 Å². The SMILES string of the molecule is Cc1cccc2sc(N3CCN(C(=O)C4CCCN(S(=O)(=O)c5ccccc5)C4)CC3)nc12. The van der Waals surface area contributed by atoms with E-state index in [-0.39, 0.29) is 23.3 Å². The smallest absolute Gasteiger partial charge is 0.243 e. The first-order chi connectivity index (χ1) is 15.9. The number of aromatic nitrogens is 1. The van der Waals surface area contributed by atoms with Crippen LogP contribution in [-0.2, 0) is 14.8 Å². The molecule has 2 fully saturated rings. The molecule has 1 atom stereocenters. The van der Waals surface area contributed by atoms with Crippen molar-refractivity contribution in [3.63, 3.8) is 0 Å². The van der Waals surface area contributed by atoms with E-state index >= 15 is 0 Å². The Morgan fingerprint density at radius 3 is 2.48 bits per heavy atom. The maximum absolute atomic E-state index is 13.3. The van der Waals surface area contributed by atoms with Crippen LogP contribution >= 0.6 is 11.3 Å². The third-order valence-electron chi connectivity index (χ3n) is 6.59. The summed E-state index contributed by atoms with van der Waals surface area (Å²) in [4.78, 5) is 22.5. The molecule has 2 aliphatic rings. The summed E-state index contributed by atoms with van der Waals surface area (Å²) < 4.78 is 28.7. The fourth-order valence-corrected chi connectivity index (χ4v) is 7.33. The zero-order valence-corrected chi connectivity index (χ0v) is 20.3. The van der Waals surface area contributed by atoms with E-state index in [1.54, 1.807) is 41.7 Å². The predicted molar refractivity (Wildman–Crippen MR) is 131 cm³/mol. The van der Waals surface area contributed by atoms with Gasteiger partial charge in [-0.2, -0.15) is 4.31 Å². The highest BCUT2D eigenvalue weighted by molar-refractivity contribution is 7.89. The number of amides is 1. The Morgan fingerprint density at radius 2 is 1.76 bits per heavy atom. The second kappa shape index (κ2) is 9.04. The lowest BCUT2D eigenvalue weighted by molar-refractivity contribution is -0.137. The molecule has 2 aromatic carbocycles. The van der Waals surface area contributed by atoms with Crippen molar-refractivity contribution >= 4 is 42.6 Å². The van der Waals surface area contributed by atoms with Gasteiger partial charge in [0.15, 0.2) is 5.13 Å². The number of hydrogen-bond donors (Lipinski definition) is 0. The summed E-state index contributed by atoms with van der Waals surface area (Å²) in [6.45, 7) is 5.55. The third-order valence-corrected chi connectivity index (χ3v) is 9.55. The number of anilines is 1. The van der Waals surface area contributed by atoms with Crippen molar-refractivity contribution in [2.75, 3.05) is 44.2 Å². The molecule has 9 heteroatoms. The number of nitrogens with zero attached hydrogens (tertiary/aromatic N) is 4. The molecule has 0 spiro atoms. The molecule has 0 aliphatic carbocycles. The Morgan fingerprint density at radius 1 is 1.00 bits per heavy atom. The summed E-state index contributed by atoms with van der Waals surface area (Å²) in [5, 5.41) is 1.00. The van der Waals surface area contributed by atoms with Crippen LogP contribution in [0, 0.1) is 12.8 Å². The minimum Gasteiger partial charge on any atom is -0.345 e. The number of benzene rings is 2. The zero-order valence-electron chi connectivity index (χ0n) is 18.7. The van der Waals surface area contributed by atoms with Crippen LogP contribution in [0.15, 0.2) is 53.4 Å². The molecule has 0 radical (unpaired) electrons. The highest BCUT2D eigenvalue weighted by Gasteiger charge is 2.36. The summed E-state index contributed by atoms with van der Waals surface area (Å²) >= 11 is 1.69. The van der Waals surface area contributed by atoms with Crippen molar-refractivity contribution in [2.24, 2.45) is 5.92 Å². The van der Waals surface area contributed by atoms with Gasteiger partial charge in [0, 0.05) is 39.3 Å². The van der Waals surface area contributed by atoms with Crippen molar-refractivity contribution in [1.29, 1.82) is 0 Å². The minimum absolute atomic E-state index is 0.0720. The Labute approximate surface area is 198 Å². The van der Waals surface area contributed by atoms with Gasteiger partial charge < -0.3 is 9.80 Å². The molecule has 33 heavy (non-hydrogen) atoms. The van der Waals surface area contributed by atoms with E-state index < -0.39 is 10.0 Å². The van der Waals surface area contributed by atoms with Crippen LogP contribution in [0.5, 0.6) is 0 Å². The number of rotatable bonds is 4. The first kappa shape index (κ1) is 22.3. The summed E-state index contributed by atoms with van der Waals surface area (Å²) in [5.41, 5.74) is 2.23. The van der Waals surface area contributed by atoms with Crippen LogP contribution in [0.25, 0.3) is 10.2 Å². The first-order valence-corrected chi connectivity index (χ1v) is 13.6. The largest absolute Gasteiger partial charge is 0.345 e. The molecular weight excluding hydrogens is 456 g/mol. The summed E-state index contributed by atoms with van der Waals surface area (Å²) in [6, 6.07) is 14.7. The van der Waals surface area contributed by atoms with Gasteiger partial charge in [0.1, 0.15) is 0 Å². The normalized spacial score (nSPS) is 20.3. The standard InChI is InChI=1S/C24H28N4O3S2/c1-18-7-5-11-21-22(18)25-24(32-21)27-15-13-26(14-16-27)23(29)19-8-6-12-28(17-19)33(30,31)20-9-3-2-4-10-20/h2-5,7,9-11,19H,6,8,12-17H2,1H3. The molecule has 7 nitrogen and oxygen atoms in total. The number of thiazole rings is 1. The maximum atomic E-state index is 13.3. The van der Waals surface area contributed by atoms with E-state index in [0.29, 0.717) is 26.1 Å². The number of hydrogen-bond acceptors (Lipinski definition) is 6. The van der Waals surface area contributed by atoms with Crippen LogP contribution in [0.3, 0.4) is 0 Å². The lowest BCUT2D eigenvalue weighted by Gasteiger charge is -2.38. The molecule has 3 aromatic rings. The average Bonchev–Trinajstić information content (AvgIpc) is 3.30. The Balaban J connectivity index is 1.23. The van der Waals surface area contributed by atoms with Crippen molar-refractivity contribution in [1.82, 2.24) is 14.2 Å². The Kier molecular flexibility index (Phi) is 6.11. The highest BCUT2D eigenvalue weighted by Crippen LogP contribution is 2.31. The quantitative estimate of drug-likeness (QED) is 0.568. The third kappa shape index (κ3) is 4.37. The number of carbonyl (C=O) groups excluding carboxylic acids is 1. The molecular formula is C24H28N4O3S2. The van der Waals surface area contributed by atoms with E-state index in [0.717, 1.165) is 30.2 Å². The minimum atomic E-state index is -3.57. The number of fused-ring (bicyclic) bond motifs is 1. The van der Waals surface area contributed by atoms with Gasteiger partial charge in [0.05, 0.1) is 21.0 Å². The van der Waals surface area contributed by atoms with E-state index in [9.17, 15) is 13.2 Å². The summed E-state index contributed by atoms with van der Waals surface area (Å²) in [7, 11) is -3.57. The molecule has 0 saturated carbocycles. The molecule has 1 aromatic heterocycles.